The maximum atomic E-state index is 12.6. The van der Waals surface area contributed by atoms with Crippen molar-refractivity contribution in [3.63, 3.8) is 0 Å². The predicted octanol–water partition coefficient (Wildman–Crippen LogP) is 3.57. The molecule has 2 aromatic carbocycles. The van der Waals surface area contributed by atoms with Gasteiger partial charge in [-0.05, 0) is 44.0 Å². The standard InChI is InChI=1S/C23H26N4O2/c1-17-9-11-19(12-10-17)23-25-21(26-29-23)16-27-13-5-8-20(15-27)22(28)24-14-18-6-3-2-4-7-18/h2-4,6-7,9-12,20H,5,8,13-16H2,1H3,(H,24,28)/t20-/m1/s1. The Balaban J connectivity index is 1.32. The first-order valence-electron chi connectivity index (χ1n) is 10.1. The SMILES string of the molecule is Cc1ccc(-c2nc(CN3CCC[C@@H](C(=O)NCc4ccccc4)C3)no2)cc1. The fourth-order valence-corrected chi connectivity index (χ4v) is 3.67. The number of hydrogen-bond donors (Lipinski definition) is 1. The van der Waals surface area contributed by atoms with E-state index in [0.29, 0.717) is 24.8 Å². The van der Waals surface area contributed by atoms with E-state index < -0.39 is 0 Å². The summed E-state index contributed by atoms with van der Waals surface area (Å²) in [5.41, 5.74) is 3.23. The largest absolute Gasteiger partial charge is 0.352 e. The monoisotopic (exact) mass is 390 g/mol. The molecule has 0 saturated carbocycles. The molecular weight excluding hydrogens is 364 g/mol. The molecule has 1 N–H and O–H groups in total. The van der Waals surface area contributed by atoms with Gasteiger partial charge in [-0.25, -0.2) is 0 Å². The summed E-state index contributed by atoms with van der Waals surface area (Å²) in [6.45, 7) is 4.87. The van der Waals surface area contributed by atoms with E-state index in [2.05, 4.69) is 20.4 Å². The van der Waals surface area contributed by atoms with Gasteiger partial charge in [0, 0.05) is 18.7 Å². The molecule has 29 heavy (non-hydrogen) atoms. The molecule has 0 aliphatic carbocycles. The average molecular weight is 390 g/mol. The van der Waals surface area contributed by atoms with Gasteiger partial charge < -0.3 is 9.84 Å². The normalized spacial score (nSPS) is 17.2. The third kappa shape index (κ3) is 5.09. The number of aryl methyl sites for hydroxylation is 1. The summed E-state index contributed by atoms with van der Waals surface area (Å²) < 4.78 is 5.43. The van der Waals surface area contributed by atoms with Gasteiger partial charge in [-0.15, -0.1) is 0 Å². The molecule has 2 heterocycles. The van der Waals surface area contributed by atoms with Gasteiger partial charge in [-0.3, -0.25) is 9.69 Å². The van der Waals surface area contributed by atoms with Crippen molar-refractivity contribution in [2.24, 2.45) is 5.92 Å². The first-order chi connectivity index (χ1) is 14.2. The number of nitrogens with zero attached hydrogens (tertiary/aromatic N) is 3. The van der Waals surface area contributed by atoms with Gasteiger partial charge in [0.25, 0.3) is 5.89 Å². The van der Waals surface area contributed by atoms with Crippen molar-refractivity contribution < 1.29 is 9.32 Å². The number of nitrogens with one attached hydrogen (secondary N) is 1. The van der Waals surface area contributed by atoms with Crippen molar-refractivity contribution in [1.82, 2.24) is 20.4 Å². The molecule has 1 amide bonds. The zero-order valence-corrected chi connectivity index (χ0v) is 16.7. The van der Waals surface area contributed by atoms with E-state index in [9.17, 15) is 4.79 Å². The molecule has 6 heteroatoms. The molecule has 3 aromatic rings. The smallest absolute Gasteiger partial charge is 0.257 e. The highest BCUT2D eigenvalue weighted by Gasteiger charge is 2.26. The third-order valence-electron chi connectivity index (χ3n) is 5.32. The van der Waals surface area contributed by atoms with Crippen LogP contribution in [-0.4, -0.2) is 34.0 Å². The van der Waals surface area contributed by atoms with Crippen LogP contribution in [0.4, 0.5) is 0 Å². The number of piperidine rings is 1. The average Bonchev–Trinajstić information content (AvgIpc) is 3.22. The summed E-state index contributed by atoms with van der Waals surface area (Å²) in [4.78, 5) is 19.4. The Hall–Kier alpha value is -2.99. The molecule has 1 saturated heterocycles. The molecule has 4 rings (SSSR count). The van der Waals surface area contributed by atoms with Gasteiger partial charge >= 0.3 is 0 Å². The molecule has 1 aromatic heterocycles. The molecule has 1 aliphatic heterocycles. The molecule has 150 valence electrons. The number of rotatable bonds is 6. The van der Waals surface area contributed by atoms with Crippen molar-refractivity contribution in [2.45, 2.75) is 32.9 Å². The van der Waals surface area contributed by atoms with E-state index in [1.807, 2.05) is 61.5 Å². The summed E-state index contributed by atoms with van der Waals surface area (Å²) in [6.07, 6.45) is 1.91. The van der Waals surface area contributed by atoms with Gasteiger partial charge in [0.15, 0.2) is 5.82 Å². The van der Waals surface area contributed by atoms with Crippen LogP contribution >= 0.6 is 0 Å². The van der Waals surface area contributed by atoms with E-state index in [0.717, 1.165) is 37.1 Å². The number of carbonyl (C=O) groups is 1. The molecule has 1 atom stereocenters. The van der Waals surface area contributed by atoms with Crippen LogP contribution in [-0.2, 0) is 17.9 Å². The molecule has 1 aliphatic rings. The highest BCUT2D eigenvalue weighted by atomic mass is 16.5. The Morgan fingerprint density at radius 1 is 1.17 bits per heavy atom. The Bertz CT molecular complexity index is 937. The maximum Gasteiger partial charge on any atom is 0.257 e. The van der Waals surface area contributed by atoms with E-state index in [1.165, 1.54) is 5.56 Å². The highest BCUT2D eigenvalue weighted by molar-refractivity contribution is 5.78. The van der Waals surface area contributed by atoms with E-state index in [-0.39, 0.29) is 11.8 Å². The molecule has 0 radical (unpaired) electrons. The van der Waals surface area contributed by atoms with Gasteiger partial charge in [-0.2, -0.15) is 4.98 Å². The summed E-state index contributed by atoms with van der Waals surface area (Å²) in [6, 6.07) is 18.0. The number of amides is 1. The topological polar surface area (TPSA) is 71.3 Å². The van der Waals surface area contributed by atoms with Crippen LogP contribution in [0.15, 0.2) is 59.1 Å². The first kappa shape index (κ1) is 19.3. The molecule has 6 nitrogen and oxygen atoms in total. The molecule has 1 fully saturated rings. The van der Waals surface area contributed by atoms with Crippen molar-refractivity contribution >= 4 is 5.91 Å². The second-order valence-corrected chi connectivity index (χ2v) is 7.66. The lowest BCUT2D eigenvalue weighted by molar-refractivity contribution is -0.127. The summed E-state index contributed by atoms with van der Waals surface area (Å²) in [5.74, 6) is 1.31. The molecular formula is C23H26N4O2. The Labute approximate surface area is 170 Å². The number of carbonyl (C=O) groups excluding carboxylic acids is 1. The van der Waals surface area contributed by atoms with Gasteiger partial charge in [0.1, 0.15) is 0 Å². The lowest BCUT2D eigenvalue weighted by atomic mass is 9.97. The van der Waals surface area contributed by atoms with Crippen LogP contribution in [0.2, 0.25) is 0 Å². The minimum Gasteiger partial charge on any atom is -0.352 e. The fourth-order valence-electron chi connectivity index (χ4n) is 3.67. The second kappa shape index (κ2) is 9.01. The Kier molecular flexibility index (Phi) is 6.00. The molecule has 0 unspecified atom stereocenters. The van der Waals surface area contributed by atoms with Crippen LogP contribution in [0.3, 0.4) is 0 Å². The third-order valence-corrected chi connectivity index (χ3v) is 5.32. The predicted molar refractivity (Wildman–Crippen MR) is 111 cm³/mol. The molecule has 0 bridgehead atoms. The van der Waals surface area contributed by atoms with Crippen LogP contribution in [0, 0.1) is 12.8 Å². The number of likely N-dealkylation sites (tertiary alicyclic amines) is 1. The fraction of sp³-hybridized carbons (Fsp3) is 0.348. The van der Waals surface area contributed by atoms with Crippen molar-refractivity contribution in [3.05, 3.63) is 71.5 Å². The van der Waals surface area contributed by atoms with Crippen LogP contribution < -0.4 is 5.32 Å². The van der Waals surface area contributed by atoms with E-state index >= 15 is 0 Å². The lowest BCUT2D eigenvalue weighted by Gasteiger charge is -2.31. The van der Waals surface area contributed by atoms with Crippen molar-refractivity contribution in [3.8, 4) is 11.5 Å². The zero-order valence-electron chi connectivity index (χ0n) is 16.7. The second-order valence-electron chi connectivity index (χ2n) is 7.66. The number of aromatic nitrogens is 2. The lowest BCUT2D eigenvalue weighted by Crippen LogP contribution is -2.42. The summed E-state index contributed by atoms with van der Waals surface area (Å²) in [5, 5.41) is 7.19. The minimum absolute atomic E-state index is 0.00377. The van der Waals surface area contributed by atoms with Gasteiger partial charge in [0.2, 0.25) is 5.91 Å². The van der Waals surface area contributed by atoms with Gasteiger partial charge in [-0.1, -0.05) is 53.2 Å². The van der Waals surface area contributed by atoms with E-state index in [4.69, 9.17) is 4.52 Å². The number of hydrogen-bond acceptors (Lipinski definition) is 5. The Morgan fingerprint density at radius 3 is 2.76 bits per heavy atom. The summed E-state index contributed by atoms with van der Waals surface area (Å²) >= 11 is 0. The van der Waals surface area contributed by atoms with E-state index in [1.54, 1.807) is 0 Å². The minimum atomic E-state index is -0.00377. The summed E-state index contributed by atoms with van der Waals surface area (Å²) in [7, 11) is 0. The van der Waals surface area contributed by atoms with Crippen LogP contribution in [0.5, 0.6) is 0 Å². The highest BCUT2D eigenvalue weighted by Crippen LogP contribution is 2.21. The van der Waals surface area contributed by atoms with Crippen LogP contribution in [0.25, 0.3) is 11.5 Å². The Morgan fingerprint density at radius 2 is 1.97 bits per heavy atom. The maximum absolute atomic E-state index is 12.6. The molecule has 0 spiro atoms. The zero-order chi connectivity index (χ0) is 20.1. The van der Waals surface area contributed by atoms with Crippen molar-refractivity contribution in [2.75, 3.05) is 13.1 Å². The first-order valence-corrected chi connectivity index (χ1v) is 10.1. The van der Waals surface area contributed by atoms with Gasteiger partial charge in [0.05, 0.1) is 12.5 Å². The number of benzene rings is 2. The van der Waals surface area contributed by atoms with Crippen molar-refractivity contribution in [1.29, 1.82) is 0 Å². The quantitative estimate of drug-likeness (QED) is 0.697. The van der Waals surface area contributed by atoms with Crippen LogP contribution in [0.1, 0.15) is 29.8 Å².